The zero-order valence-corrected chi connectivity index (χ0v) is 13.7. The van der Waals surface area contributed by atoms with Crippen LogP contribution in [0.3, 0.4) is 0 Å². The van der Waals surface area contributed by atoms with Gasteiger partial charge < -0.3 is 5.32 Å². The van der Waals surface area contributed by atoms with E-state index in [1.807, 2.05) is 12.1 Å². The number of amides is 1. The van der Waals surface area contributed by atoms with E-state index in [4.69, 9.17) is 0 Å². The Bertz CT molecular complexity index is 645. The highest BCUT2D eigenvalue weighted by Gasteiger charge is 2.12. The molecule has 0 radical (unpaired) electrons. The third-order valence-corrected chi connectivity index (χ3v) is 4.12. The third kappa shape index (κ3) is 3.33. The number of rotatable bonds is 2. The summed E-state index contributed by atoms with van der Waals surface area (Å²) in [7, 11) is 0. The zero-order chi connectivity index (χ0) is 14.0. The molecule has 19 heavy (non-hydrogen) atoms. The summed E-state index contributed by atoms with van der Waals surface area (Å²) in [5, 5.41) is 2.73. The maximum Gasteiger partial charge on any atom is 0.256 e. The van der Waals surface area contributed by atoms with Crippen LogP contribution in [0, 0.1) is 16.3 Å². The molecule has 0 fully saturated rings. The highest BCUT2D eigenvalue weighted by atomic mass is 127. The molecule has 0 atom stereocenters. The van der Waals surface area contributed by atoms with Crippen LogP contribution in [-0.4, -0.2) is 5.91 Å². The molecular formula is C14H10BrFINO. The van der Waals surface area contributed by atoms with Crippen molar-refractivity contribution in [3.63, 3.8) is 0 Å². The monoisotopic (exact) mass is 433 g/mol. The van der Waals surface area contributed by atoms with Gasteiger partial charge in [-0.15, -0.1) is 0 Å². The van der Waals surface area contributed by atoms with Crippen LogP contribution in [0.25, 0.3) is 0 Å². The second-order valence-corrected chi connectivity index (χ2v) is 6.07. The van der Waals surface area contributed by atoms with Crippen LogP contribution < -0.4 is 5.32 Å². The summed E-state index contributed by atoms with van der Waals surface area (Å²) >= 11 is 5.43. The molecule has 1 N–H and O–H groups in total. The Balaban J connectivity index is 2.31. The van der Waals surface area contributed by atoms with Gasteiger partial charge >= 0.3 is 0 Å². The van der Waals surface area contributed by atoms with E-state index < -0.39 is 0 Å². The minimum Gasteiger partial charge on any atom is -0.322 e. The van der Waals surface area contributed by atoms with Gasteiger partial charge in [-0.25, -0.2) is 4.39 Å². The highest BCUT2D eigenvalue weighted by molar-refractivity contribution is 14.1. The molecule has 0 heterocycles. The summed E-state index contributed by atoms with van der Waals surface area (Å²) in [5.41, 5.74) is 1.47. The molecule has 2 aromatic rings. The average Bonchev–Trinajstić information content (AvgIpc) is 2.38. The van der Waals surface area contributed by atoms with Crippen molar-refractivity contribution in [2.24, 2.45) is 0 Å². The molecule has 0 bridgehead atoms. The van der Waals surface area contributed by atoms with Crippen LogP contribution in [0.5, 0.6) is 0 Å². The van der Waals surface area contributed by atoms with Crippen LogP contribution >= 0.6 is 38.5 Å². The lowest BCUT2D eigenvalue weighted by atomic mass is 10.1. The van der Waals surface area contributed by atoms with Crippen molar-refractivity contribution in [1.82, 2.24) is 0 Å². The third-order valence-electron chi connectivity index (χ3n) is 2.69. The van der Waals surface area contributed by atoms with Gasteiger partial charge in [-0.3, -0.25) is 4.79 Å². The molecule has 1 amide bonds. The molecule has 2 nitrogen and oxygen atoms in total. The van der Waals surface area contributed by atoms with Gasteiger partial charge in [0.25, 0.3) is 5.91 Å². The quantitative estimate of drug-likeness (QED) is 0.680. The van der Waals surface area contributed by atoms with Crippen LogP contribution in [0.1, 0.15) is 15.9 Å². The molecule has 0 aliphatic heterocycles. The van der Waals surface area contributed by atoms with Crippen LogP contribution in [0.15, 0.2) is 40.9 Å². The van der Waals surface area contributed by atoms with E-state index in [0.717, 1.165) is 8.04 Å². The van der Waals surface area contributed by atoms with Crippen LogP contribution in [-0.2, 0) is 0 Å². The zero-order valence-electron chi connectivity index (χ0n) is 10.0. The van der Waals surface area contributed by atoms with Gasteiger partial charge in [0.2, 0.25) is 0 Å². The van der Waals surface area contributed by atoms with E-state index in [9.17, 15) is 9.18 Å². The summed E-state index contributed by atoms with van der Waals surface area (Å²) in [5.74, 6) is -0.582. The number of hydrogen-bond donors (Lipinski definition) is 1. The number of anilines is 1. The second-order valence-electron chi connectivity index (χ2n) is 3.99. The second kappa shape index (κ2) is 6.00. The molecular weight excluding hydrogens is 424 g/mol. The normalized spacial score (nSPS) is 10.3. The average molecular weight is 434 g/mol. The smallest absolute Gasteiger partial charge is 0.256 e. The van der Waals surface area contributed by atoms with Crippen molar-refractivity contribution in [2.75, 3.05) is 5.32 Å². The van der Waals surface area contributed by atoms with E-state index in [1.54, 1.807) is 25.1 Å². The van der Waals surface area contributed by atoms with Gasteiger partial charge in [-0.05, 0) is 59.8 Å². The van der Waals surface area contributed by atoms with E-state index in [1.165, 1.54) is 6.07 Å². The van der Waals surface area contributed by atoms with Crippen molar-refractivity contribution in [3.8, 4) is 0 Å². The Labute approximate surface area is 132 Å². The molecule has 0 saturated carbocycles. The number of carbonyl (C=O) groups is 1. The fraction of sp³-hybridized carbons (Fsp3) is 0.0714. The number of hydrogen-bond acceptors (Lipinski definition) is 1. The number of nitrogens with one attached hydrogen (secondary N) is 1. The molecule has 2 rings (SSSR count). The Morgan fingerprint density at radius 2 is 2.05 bits per heavy atom. The topological polar surface area (TPSA) is 29.1 Å². The predicted octanol–water partition coefficient (Wildman–Crippen LogP) is 4.75. The van der Waals surface area contributed by atoms with E-state index in [2.05, 4.69) is 43.8 Å². The van der Waals surface area contributed by atoms with Crippen LogP contribution in [0.4, 0.5) is 10.1 Å². The minimum absolute atomic E-state index is 0.251. The van der Waals surface area contributed by atoms with Crippen molar-refractivity contribution in [2.45, 2.75) is 6.92 Å². The van der Waals surface area contributed by atoms with Gasteiger partial charge in [-0.2, -0.15) is 0 Å². The lowest BCUT2D eigenvalue weighted by molar-refractivity contribution is 0.102. The molecule has 98 valence electrons. The number of carbonyl (C=O) groups excluding carboxylic acids is 1. The Morgan fingerprint density at radius 3 is 2.79 bits per heavy atom. The first kappa shape index (κ1) is 14.5. The summed E-state index contributed by atoms with van der Waals surface area (Å²) in [4.78, 5) is 12.2. The Morgan fingerprint density at radius 1 is 1.32 bits per heavy atom. The van der Waals surface area contributed by atoms with Gasteiger partial charge in [0.05, 0.1) is 5.56 Å². The number of benzene rings is 2. The molecule has 0 saturated heterocycles. The molecule has 0 aliphatic carbocycles. The molecule has 0 spiro atoms. The summed E-state index contributed by atoms with van der Waals surface area (Å²) < 4.78 is 15.1. The van der Waals surface area contributed by atoms with Crippen molar-refractivity contribution in [3.05, 3.63) is 61.4 Å². The summed E-state index contributed by atoms with van der Waals surface area (Å²) in [6.45, 7) is 1.64. The van der Waals surface area contributed by atoms with E-state index in [-0.39, 0.29) is 11.7 Å². The van der Waals surface area contributed by atoms with Crippen LogP contribution in [0.2, 0.25) is 0 Å². The van der Waals surface area contributed by atoms with Gasteiger partial charge in [-0.1, -0.05) is 22.0 Å². The molecule has 0 aliphatic rings. The lowest BCUT2D eigenvalue weighted by Crippen LogP contribution is -2.14. The van der Waals surface area contributed by atoms with Gasteiger partial charge in [0.15, 0.2) is 0 Å². The summed E-state index contributed by atoms with van der Waals surface area (Å²) in [6.07, 6.45) is 0. The lowest BCUT2D eigenvalue weighted by Gasteiger charge is -2.10. The maximum atomic E-state index is 13.4. The summed E-state index contributed by atoms with van der Waals surface area (Å²) in [6, 6.07) is 10.1. The van der Waals surface area contributed by atoms with Crippen molar-refractivity contribution in [1.29, 1.82) is 0 Å². The molecule has 0 aromatic heterocycles. The first-order valence-corrected chi connectivity index (χ1v) is 7.37. The number of halogens is 3. The minimum atomic E-state index is -0.332. The first-order valence-electron chi connectivity index (χ1n) is 5.50. The van der Waals surface area contributed by atoms with Gasteiger partial charge in [0.1, 0.15) is 5.82 Å². The maximum absolute atomic E-state index is 13.4. The fourth-order valence-corrected chi connectivity index (χ4v) is 2.55. The Hall–Kier alpha value is -0.950. The standard InChI is InChI=1S/C14H10BrFINO/c1-8-11(16)3-2-4-13(8)18-14(19)10-7-9(15)5-6-12(10)17/h2-7H,1H3,(H,18,19). The molecule has 2 aromatic carbocycles. The SMILES string of the molecule is Cc1c(F)cccc1NC(=O)c1cc(Br)ccc1I. The first-order chi connectivity index (χ1) is 8.99. The molecule has 5 heteroatoms. The van der Waals surface area contributed by atoms with E-state index in [0.29, 0.717) is 16.8 Å². The van der Waals surface area contributed by atoms with Crippen molar-refractivity contribution < 1.29 is 9.18 Å². The van der Waals surface area contributed by atoms with Gasteiger partial charge in [0, 0.05) is 19.3 Å². The Kier molecular flexibility index (Phi) is 4.57. The fourth-order valence-electron chi connectivity index (χ4n) is 1.60. The molecule has 0 unspecified atom stereocenters. The van der Waals surface area contributed by atoms with Crippen molar-refractivity contribution >= 4 is 50.1 Å². The highest BCUT2D eigenvalue weighted by Crippen LogP contribution is 2.22. The van der Waals surface area contributed by atoms with E-state index >= 15 is 0 Å². The predicted molar refractivity (Wildman–Crippen MR) is 85.9 cm³/mol. The largest absolute Gasteiger partial charge is 0.322 e.